The molecule has 0 aliphatic carbocycles. The molecule has 2 aromatic rings. The van der Waals surface area contributed by atoms with Crippen LogP contribution in [-0.4, -0.2) is 9.78 Å². The van der Waals surface area contributed by atoms with Gasteiger partial charge in [0.05, 0.1) is 0 Å². The van der Waals surface area contributed by atoms with Crippen molar-refractivity contribution in [2.75, 3.05) is 5.73 Å². The molecular formula is C14H16FN3. The van der Waals surface area contributed by atoms with Gasteiger partial charge in [0.15, 0.2) is 5.82 Å². The third-order valence-corrected chi connectivity index (χ3v) is 3.50. The monoisotopic (exact) mass is 245 g/mol. The van der Waals surface area contributed by atoms with Gasteiger partial charge in [0, 0.05) is 17.8 Å². The molecule has 0 atom stereocenters. The average molecular weight is 245 g/mol. The first-order valence-electron chi connectivity index (χ1n) is 6.37. The Kier molecular flexibility index (Phi) is 2.78. The fourth-order valence-electron chi connectivity index (χ4n) is 2.62. The van der Waals surface area contributed by atoms with Crippen LogP contribution in [0, 0.1) is 5.82 Å². The van der Waals surface area contributed by atoms with Crippen molar-refractivity contribution >= 4 is 5.82 Å². The fraction of sp³-hybridized carbons (Fsp3) is 0.357. The maximum absolute atomic E-state index is 13.0. The summed E-state index contributed by atoms with van der Waals surface area (Å²) in [4.78, 5) is 0. The Morgan fingerprint density at radius 2 is 1.89 bits per heavy atom. The largest absolute Gasteiger partial charge is 0.382 e. The molecule has 3 nitrogen and oxygen atoms in total. The number of rotatable bonds is 1. The van der Waals surface area contributed by atoms with Gasteiger partial charge >= 0.3 is 0 Å². The molecule has 4 heteroatoms. The van der Waals surface area contributed by atoms with E-state index in [4.69, 9.17) is 5.73 Å². The normalized spacial score (nSPS) is 15.2. The fourth-order valence-corrected chi connectivity index (χ4v) is 2.62. The van der Waals surface area contributed by atoms with Gasteiger partial charge in [-0.05, 0) is 37.0 Å². The van der Waals surface area contributed by atoms with Crippen molar-refractivity contribution in [1.82, 2.24) is 9.78 Å². The predicted molar refractivity (Wildman–Crippen MR) is 69.6 cm³/mol. The van der Waals surface area contributed by atoms with Crippen LogP contribution in [0.2, 0.25) is 0 Å². The Morgan fingerprint density at radius 1 is 1.11 bits per heavy atom. The highest BCUT2D eigenvalue weighted by Crippen LogP contribution is 2.32. The highest BCUT2D eigenvalue weighted by atomic mass is 19.1. The first-order valence-corrected chi connectivity index (χ1v) is 6.37. The lowest BCUT2D eigenvalue weighted by Crippen LogP contribution is -2.02. The Labute approximate surface area is 105 Å². The SMILES string of the molecule is Nc1nn2c(c1-c1ccc(F)cc1)CCCCC2. The van der Waals surface area contributed by atoms with Gasteiger partial charge in [-0.2, -0.15) is 5.10 Å². The number of benzene rings is 1. The minimum absolute atomic E-state index is 0.226. The van der Waals surface area contributed by atoms with Crippen LogP contribution >= 0.6 is 0 Å². The number of nitrogen functional groups attached to an aromatic ring is 1. The molecule has 2 heterocycles. The number of nitrogens with two attached hydrogens (primary N) is 1. The molecule has 0 amide bonds. The molecule has 2 N–H and O–H groups in total. The first kappa shape index (κ1) is 11.3. The maximum atomic E-state index is 13.0. The molecule has 1 aliphatic heterocycles. The van der Waals surface area contributed by atoms with E-state index < -0.39 is 0 Å². The minimum atomic E-state index is -0.226. The van der Waals surface area contributed by atoms with Crippen LogP contribution in [0.4, 0.5) is 10.2 Å². The smallest absolute Gasteiger partial charge is 0.153 e. The highest BCUT2D eigenvalue weighted by molar-refractivity contribution is 5.76. The summed E-state index contributed by atoms with van der Waals surface area (Å²) < 4.78 is 15.0. The number of aromatic nitrogens is 2. The standard InChI is InChI=1S/C14H16FN3/c15-11-7-5-10(6-8-11)13-12-4-2-1-3-9-18(12)17-14(13)16/h5-8H,1-4,9H2,(H2,16,17). The van der Waals surface area contributed by atoms with E-state index in [-0.39, 0.29) is 5.82 Å². The third kappa shape index (κ3) is 1.88. The Hall–Kier alpha value is -1.84. The van der Waals surface area contributed by atoms with Crippen LogP contribution in [-0.2, 0) is 13.0 Å². The van der Waals surface area contributed by atoms with Crippen molar-refractivity contribution < 1.29 is 4.39 Å². The maximum Gasteiger partial charge on any atom is 0.153 e. The molecule has 0 saturated carbocycles. The number of halogens is 1. The zero-order chi connectivity index (χ0) is 12.5. The van der Waals surface area contributed by atoms with Crippen molar-refractivity contribution in [3.8, 4) is 11.1 Å². The van der Waals surface area contributed by atoms with E-state index in [1.54, 1.807) is 12.1 Å². The topological polar surface area (TPSA) is 43.8 Å². The summed E-state index contributed by atoms with van der Waals surface area (Å²) in [5.74, 6) is 0.328. The van der Waals surface area contributed by atoms with E-state index in [1.165, 1.54) is 30.7 Å². The summed E-state index contributed by atoms with van der Waals surface area (Å²) in [7, 11) is 0. The number of hydrogen-bond donors (Lipinski definition) is 1. The zero-order valence-corrected chi connectivity index (χ0v) is 10.2. The van der Waals surface area contributed by atoms with E-state index in [0.29, 0.717) is 5.82 Å². The quantitative estimate of drug-likeness (QED) is 0.839. The van der Waals surface area contributed by atoms with E-state index in [9.17, 15) is 4.39 Å². The average Bonchev–Trinajstić information content (AvgIpc) is 2.54. The third-order valence-electron chi connectivity index (χ3n) is 3.50. The second kappa shape index (κ2) is 4.44. The van der Waals surface area contributed by atoms with Gasteiger partial charge in [0.2, 0.25) is 0 Å². The summed E-state index contributed by atoms with van der Waals surface area (Å²) in [6.45, 7) is 0.931. The van der Waals surface area contributed by atoms with Gasteiger partial charge in [-0.3, -0.25) is 4.68 Å². The van der Waals surface area contributed by atoms with Crippen molar-refractivity contribution in [3.05, 3.63) is 35.8 Å². The van der Waals surface area contributed by atoms with Crippen molar-refractivity contribution in [2.45, 2.75) is 32.2 Å². The number of fused-ring (bicyclic) bond motifs is 1. The van der Waals surface area contributed by atoms with Gasteiger partial charge < -0.3 is 5.73 Å². The van der Waals surface area contributed by atoms with Gasteiger partial charge in [0.1, 0.15) is 5.82 Å². The Morgan fingerprint density at radius 3 is 2.67 bits per heavy atom. The van der Waals surface area contributed by atoms with E-state index in [1.807, 2.05) is 4.68 Å². The summed E-state index contributed by atoms with van der Waals surface area (Å²) in [6.07, 6.45) is 4.54. The highest BCUT2D eigenvalue weighted by Gasteiger charge is 2.18. The van der Waals surface area contributed by atoms with E-state index >= 15 is 0 Å². The molecule has 0 unspecified atom stereocenters. The van der Waals surface area contributed by atoms with E-state index in [0.717, 1.165) is 30.5 Å². The van der Waals surface area contributed by atoms with Crippen molar-refractivity contribution in [1.29, 1.82) is 0 Å². The number of anilines is 1. The van der Waals surface area contributed by atoms with Crippen LogP contribution in [0.15, 0.2) is 24.3 Å². The van der Waals surface area contributed by atoms with Crippen LogP contribution in [0.5, 0.6) is 0 Å². The molecule has 1 aromatic carbocycles. The van der Waals surface area contributed by atoms with Gasteiger partial charge in [-0.25, -0.2) is 4.39 Å². The molecule has 94 valence electrons. The lowest BCUT2D eigenvalue weighted by molar-refractivity contribution is 0.578. The molecule has 0 spiro atoms. The molecular weight excluding hydrogens is 229 g/mol. The zero-order valence-electron chi connectivity index (χ0n) is 10.2. The molecule has 1 aliphatic rings. The van der Waals surface area contributed by atoms with Crippen LogP contribution in [0.1, 0.15) is 25.0 Å². The van der Waals surface area contributed by atoms with Crippen molar-refractivity contribution in [2.24, 2.45) is 0 Å². The van der Waals surface area contributed by atoms with Crippen LogP contribution < -0.4 is 5.73 Å². The van der Waals surface area contributed by atoms with Crippen LogP contribution in [0.25, 0.3) is 11.1 Å². The Balaban J connectivity index is 2.11. The molecule has 0 saturated heterocycles. The summed E-state index contributed by atoms with van der Waals surface area (Å²) in [5.41, 5.74) is 9.15. The second-order valence-electron chi connectivity index (χ2n) is 4.75. The Bertz CT molecular complexity index is 557. The van der Waals surface area contributed by atoms with Gasteiger partial charge in [0.25, 0.3) is 0 Å². The van der Waals surface area contributed by atoms with E-state index in [2.05, 4.69) is 5.10 Å². The summed E-state index contributed by atoms with van der Waals surface area (Å²) in [6, 6.07) is 6.48. The number of hydrogen-bond acceptors (Lipinski definition) is 2. The van der Waals surface area contributed by atoms with Crippen molar-refractivity contribution in [3.63, 3.8) is 0 Å². The first-order chi connectivity index (χ1) is 8.75. The molecule has 0 radical (unpaired) electrons. The molecule has 18 heavy (non-hydrogen) atoms. The summed E-state index contributed by atoms with van der Waals surface area (Å²) in [5, 5.41) is 4.41. The van der Waals surface area contributed by atoms with Crippen LogP contribution in [0.3, 0.4) is 0 Å². The number of aryl methyl sites for hydroxylation is 1. The van der Waals surface area contributed by atoms with Gasteiger partial charge in [-0.1, -0.05) is 18.6 Å². The molecule has 0 fully saturated rings. The second-order valence-corrected chi connectivity index (χ2v) is 4.75. The molecule has 0 bridgehead atoms. The molecule has 1 aromatic heterocycles. The number of nitrogens with zero attached hydrogens (tertiary/aromatic N) is 2. The lowest BCUT2D eigenvalue weighted by Gasteiger charge is -2.05. The minimum Gasteiger partial charge on any atom is -0.382 e. The lowest BCUT2D eigenvalue weighted by atomic mass is 10.0. The molecule has 3 rings (SSSR count). The summed E-state index contributed by atoms with van der Waals surface area (Å²) >= 11 is 0. The predicted octanol–water partition coefficient (Wildman–Crippen LogP) is 3.00. The van der Waals surface area contributed by atoms with Gasteiger partial charge in [-0.15, -0.1) is 0 Å².